The van der Waals surface area contributed by atoms with Crippen LogP contribution in [-0.4, -0.2) is 5.78 Å². The molecule has 0 fully saturated rings. The van der Waals surface area contributed by atoms with Gasteiger partial charge in [0.15, 0.2) is 5.78 Å². The van der Waals surface area contributed by atoms with E-state index in [9.17, 15) is 4.79 Å². The second-order valence-electron chi connectivity index (χ2n) is 3.80. The van der Waals surface area contributed by atoms with Crippen LogP contribution in [0.2, 0.25) is 0 Å². The zero-order valence-electron chi connectivity index (χ0n) is 12.2. The summed E-state index contributed by atoms with van der Waals surface area (Å²) >= 11 is 0. The first-order valence-electron chi connectivity index (χ1n) is 6.33. The molecule has 1 nitrogen and oxygen atoms in total. The number of Topliss-reactive ketones (excluding diaryl/α,β-unsaturated/α-hetero) is 1. The molecule has 0 unspecified atom stereocenters. The summed E-state index contributed by atoms with van der Waals surface area (Å²) in [5.41, 5.74) is 2.06. The molecule has 1 heteroatoms. The number of carbonyl (C=O) groups excluding carboxylic acids is 1. The highest BCUT2D eigenvalue weighted by molar-refractivity contribution is 5.93. The van der Waals surface area contributed by atoms with E-state index in [4.69, 9.17) is 0 Å². The maximum atomic E-state index is 10.4. The first-order chi connectivity index (χ1) is 8.53. The van der Waals surface area contributed by atoms with E-state index in [1.54, 1.807) is 13.0 Å². The van der Waals surface area contributed by atoms with Crippen molar-refractivity contribution in [3.63, 3.8) is 0 Å². The van der Waals surface area contributed by atoms with Gasteiger partial charge in [0.1, 0.15) is 0 Å². The summed E-state index contributed by atoms with van der Waals surface area (Å²) < 4.78 is 0. The number of allylic oxidation sites excluding steroid dienone is 2. The molecule has 0 aliphatic heterocycles. The second-order valence-corrected chi connectivity index (χ2v) is 3.80. The van der Waals surface area contributed by atoms with E-state index in [0.717, 1.165) is 6.42 Å². The summed E-state index contributed by atoms with van der Waals surface area (Å²) in [5, 5.41) is 0. The van der Waals surface area contributed by atoms with E-state index >= 15 is 0 Å². The lowest BCUT2D eigenvalue weighted by molar-refractivity contribution is -0.115. The molecule has 0 radical (unpaired) electrons. The highest BCUT2D eigenvalue weighted by Crippen LogP contribution is 1.96. The van der Waals surface area contributed by atoms with Crippen LogP contribution in [0.3, 0.4) is 0 Å². The van der Waals surface area contributed by atoms with Crippen LogP contribution in [0.15, 0.2) is 55.1 Å². The van der Waals surface area contributed by atoms with Crippen LogP contribution in [0.4, 0.5) is 0 Å². The molecule has 1 aromatic rings. The van der Waals surface area contributed by atoms with E-state index < -0.39 is 0 Å². The molecule has 0 heterocycles. The fraction of sp³-hybridized carbons (Fsp3) is 0.353. The van der Waals surface area contributed by atoms with Crippen molar-refractivity contribution < 1.29 is 4.79 Å². The van der Waals surface area contributed by atoms with Gasteiger partial charge >= 0.3 is 0 Å². The number of ketones is 1. The van der Waals surface area contributed by atoms with Gasteiger partial charge in [-0.05, 0) is 31.4 Å². The summed E-state index contributed by atoms with van der Waals surface area (Å²) in [5.74, 6) is 0.153. The second kappa shape index (κ2) is 13.4. The number of benzene rings is 1. The van der Waals surface area contributed by atoms with Crippen LogP contribution >= 0.6 is 0 Å². The van der Waals surface area contributed by atoms with Crippen molar-refractivity contribution in [3.05, 3.63) is 60.7 Å². The molecule has 0 aliphatic carbocycles. The van der Waals surface area contributed by atoms with Crippen LogP contribution in [0, 0.1) is 0 Å². The van der Waals surface area contributed by atoms with Crippen LogP contribution in [0.25, 0.3) is 0 Å². The van der Waals surface area contributed by atoms with Crippen molar-refractivity contribution in [1.29, 1.82) is 0 Å². The third-order valence-corrected chi connectivity index (χ3v) is 2.05. The van der Waals surface area contributed by atoms with E-state index in [1.165, 1.54) is 5.56 Å². The van der Waals surface area contributed by atoms with Crippen LogP contribution in [0.1, 0.15) is 39.7 Å². The van der Waals surface area contributed by atoms with Crippen molar-refractivity contribution in [2.75, 3.05) is 0 Å². The van der Waals surface area contributed by atoms with Crippen LogP contribution < -0.4 is 0 Å². The quantitative estimate of drug-likeness (QED) is 0.543. The zero-order valence-corrected chi connectivity index (χ0v) is 12.2. The van der Waals surface area contributed by atoms with E-state index in [0.29, 0.717) is 12.0 Å². The van der Waals surface area contributed by atoms with Gasteiger partial charge in [-0.15, -0.1) is 6.58 Å². The Hall–Kier alpha value is -1.63. The normalized spacial score (nSPS) is 8.00. The molecular formula is C17H26O. The predicted molar refractivity (Wildman–Crippen MR) is 81.8 cm³/mol. The van der Waals surface area contributed by atoms with Gasteiger partial charge in [0.2, 0.25) is 0 Å². The van der Waals surface area contributed by atoms with Crippen LogP contribution in [0.5, 0.6) is 0 Å². The van der Waals surface area contributed by atoms with Gasteiger partial charge in [-0.25, -0.2) is 0 Å². The minimum atomic E-state index is 0.153. The molecule has 1 aromatic carbocycles. The zero-order chi connectivity index (χ0) is 14.4. The van der Waals surface area contributed by atoms with Crippen molar-refractivity contribution in [2.45, 2.75) is 40.5 Å². The highest BCUT2D eigenvalue weighted by atomic mass is 16.1. The van der Waals surface area contributed by atoms with Gasteiger partial charge in [-0.3, -0.25) is 4.79 Å². The molecule has 0 amide bonds. The lowest BCUT2D eigenvalue weighted by Gasteiger charge is -1.89. The third-order valence-electron chi connectivity index (χ3n) is 2.05. The van der Waals surface area contributed by atoms with E-state index in [2.05, 4.69) is 44.3 Å². The van der Waals surface area contributed by atoms with Crippen molar-refractivity contribution in [2.24, 2.45) is 0 Å². The number of hydrogen-bond acceptors (Lipinski definition) is 1. The van der Waals surface area contributed by atoms with E-state index in [-0.39, 0.29) is 5.78 Å². The first-order valence-corrected chi connectivity index (χ1v) is 6.33. The average molecular weight is 246 g/mol. The Morgan fingerprint density at radius 3 is 1.83 bits per heavy atom. The van der Waals surface area contributed by atoms with Gasteiger partial charge < -0.3 is 0 Å². The molecule has 1 rings (SSSR count). The Labute approximate surface area is 112 Å². The van der Waals surface area contributed by atoms with Crippen molar-refractivity contribution in [3.8, 4) is 0 Å². The molecule has 0 saturated carbocycles. The van der Waals surface area contributed by atoms with Gasteiger partial charge in [0.25, 0.3) is 0 Å². The van der Waals surface area contributed by atoms with Crippen molar-refractivity contribution in [1.82, 2.24) is 0 Å². The molecule has 0 spiro atoms. The SMILES string of the molecule is C=C(C)C(=O)CC.C=CC.CCc1ccccc1. The van der Waals surface area contributed by atoms with Crippen LogP contribution in [-0.2, 0) is 11.2 Å². The monoisotopic (exact) mass is 246 g/mol. The van der Waals surface area contributed by atoms with Crippen molar-refractivity contribution >= 4 is 5.78 Å². The first kappa shape index (κ1) is 18.7. The summed E-state index contributed by atoms with van der Waals surface area (Å²) in [6.45, 7) is 14.4. The Morgan fingerprint density at radius 1 is 1.22 bits per heavy atom. The molecule has 0 bridgehead atoms. The van der Waals surface area contributed by atoms with Gasteiger partial charge in [-0.1, -0.05) is 56.8 Å². The summed E-state index contributed by atoms with van der Waals surface area (Å²) in [7, 11) is 0. The topological polar surface area (TPSA) is 17.1 Å². The lowest BCUT2D eigenvalue weighted by atomic mass is 10.2. The van der Waals surface area contributed by atoms with Gasteiger partial charge in [0, 0.05) is 6.42 Å². The minimum absolute atomic E-state index is 0.153. The lowest BCUT2D eigenvalue weighted by Crippen LogP contribution is -1.93. The molecule has 0 N–H and O–H groups in total. The molecule has 0 saturated heterocycles. The van der Waals surface area contributed by atoms with Gasteiger partial charge in [-0.2, -0.15) is 0 Å². The fourth-order valence-electron chi connectivity index (χ4n) is 1.02. The molecule has 0 atom stereocenters. The predicted octanol–water partition coefficient (Wildman–Crippen LogP) is 4.98. The Balaban J connectivity index is 0. The molecule has 0 aromatic heterocycles. The largest absolute Gasteiger partial charge is 0.295 e. The minimum Gasteiger partial charge on any atom is -0.295 e. The highest BCUT2D eigenvalue weighted by Gasteiger charge is 1.93. The standard InChI is InChI=1S/C8H10.C6H10O.C3H6/c1-2-8-6-4-3-5-7-8;1-4-6(7)5(2)3;1-3-2/h3-7H,2H2,1H3;2,4H2,1,3H3;3H,1H2,2H3. The number of rotatable bonds is 3. The number of aryl methyl sites for hydroxylation is 1. The van der Waals surface area contributed by atoms with Gasteiger partial charge in [0.05, 0.1) is 0 Å². The third kappa shape index (κ3) is 12.4. The summed E-state index contributed by atoms with van der Waals surface area (Å²) in [4.78, 5) is 10.4. The maximum Gasteiger partial charge on any atom is 0.157 e. The summed E-state index contributed by atoms with van der Waals surface area (Å²) in [6, 6.07) is 10.5. The number of carbonyl (C=O) groups is 1. The molecular weight excluding hydrogens is 220 g/mol. The number of hydrogen-bond donors (Lipinski definition) is 0. The fourth-order valence-corrected chi connectivity index (χ4v) is 1.02. The average Bonchev–Trinajstić information content (AvgIpc) is 2.40. The Bertz CT molecular complexity index is 336. The molecule has 0 aliphatic rings. The Kier molecular flexibility index (Phi) is 14.0. The molecule has 18 heavy (non-hydrogen) atoms. The molecule has 100 valence electrons. The Morgan fingerprint density at radius 2 is 1.67 bits per heavy atom. The maximum absolute atomic E-state index is 10.4. The summed E-state index contributed by atoms with van der Waals surface area (Å²) in [6.07, 6.45) is 3.47. The smallest absolute Gasteiger partial charge is 0.157 e. The van der Waals surface area contributed by atoms with E-state index in [1.807, 2.05) is 19.9 Å².